The minimum Gasteiger partial charge on any atom is -0.497 e. The molecule has 5 nitrogen and oxygen atoms in total. The number of amides is 1. The van der Waals surface area contributed by atoms with Crippen LogP contribution in [0.5, 0.6) is 5.75 Å². The molecule has 1 atom stereocenters. The van der Waals surface area contributed by atoms with E-state index in [-0.39, 0.29) is 5.91 Å². The fourth-order valence-electron chi connectivity index (χ4n) is 4.26. The summed E-state index contributed by atoms with van der Waals surface area (Å²) < 4.78 is 7.58. The SMILES string of the molecule is COc1cccc(-c2c(/C=C/C(=O)N(C)CCC(O)c3ccccc3)c3ccccc3n2C)c1. The first-order valence-corrected chi connectivity index (χ1v) is 11.4. The fourth-order valence-corrected chi connectivity index (χ4v) is 4.26. The van der Waals surface area contributed by atoms with Crippen LogP contribution < -0.4 is 4.74 Å². The molecule has 0 spiro atoms. The summed E-state index contributed by atoms with van der Waals surface area (Å²) in [4.78, 5) is 14.5. The normalized spacial score (nSPS) is 12.2. The quantitative estimate of drug-likeness (QED) is 0.360. The number of likely N-dealkylation sites (N-methyl/N-ethyl adjacent to an activating group) is 1. The third-order valence-corrected chi connectivity index (χ3v) is 6.18. The topological polar surface area (TPSA) is 54.7 Å². The molecule has 0 aliphatic heterocycles. The van der Waals surface area contributed by atoms with Crippen LogP contribution in [0.1, 0.15) is 23.7 Å². The third kappa shape index (κ3) is 4.90. The van der Waals surface area contributed by atoms with Crippen LogP contribution in [0.3, 0.4) is 0 Å². The van der Waals surface area contributed by atoms with Crippen LogP contribution in [0.25, 0.3) is 28.2 Å². The highest BCUT2D eigenvalue weighted by Crippen LogP contribution is 2.35. The van der Waals surface area contributed by atoms with Crippen LogP contribution in [0.2, 0.25) is 0 Å². The number of carbonyl (C=O) groups excluding carboxylic acids is 1. The van der Waals surface area contributed by atoms with Crippen LogP contribution in [-0.2, 0) is 11.8 Å². The average Bonchev–Trinajstić information content (AvgIpc) is 3.17. The molecule has 34 heavy (non-hydrogen) atoms. The molecule has 0 aliphatic rings. The van der Waals surface area contributed by atoms with Crippen molar-refractivity contribution in [1.29, 1.82) is 0 Å². The summed E-state index contributed by atoms with van der Waals surface area (Å²) in [6, 6.07) is 25.6. The maximum Gasteiger partial charge on any atom is 0.246 e. The van der Waals surface area contributed by atoms with Crippen molar-refractivity contribution in [2.75, 3.05) is 20.7 Å². The van der Waals surface area contributed by atoms with Crippen molar-refractivity contribution in [2.45, 2.75) is 12.5 Å². The summed E-state index contributed by atoms with van der Waals surface area (Å²) in [6.07, 6.45) is 3.38. The second-order valence-corrected chi connectivity index (χ2v) is 8.38. The number of aromatic nitrogens is 1. The van der Waals surface area contributed by atoms with E-state index >= 15 is 0 Å². The highest BCUT2D eigenvalue weighted by Gasteiger charge is 2.16. The van der Waals surface area contributed by atoms with Gasteiger partial charge in [-0.2, -0.15) is 0 Å². The summed E-state index contributed by atoms with van der Waals surface area (Å²) in [6.45, 7) is 0.456. The minimum absolute atomic E-state index is 0.107. The number of ether oxygens (including phenoxy) is 1. The third-order valence-electron chi connectivity index (χ3n) is 6.18. The van der Waals surface area contributed by atoms with E-state index in [9.17, 15) is 9.90 Å². The molecule has 0 saturated heterocycles. The van der Waals surface area contributed by atoms with E-state index in [1.807, 2.05) is 79.9 Å². The fraction of sp³-hybridized carbons (Fsp3) is 0.207. The maximum atomic E-state index is 12.9. The van der Waals surface area contributed by atoms with E-state index in [1.165, 1.54) is 0 Å². The van der Waals surface area contributed by atoms with E-state index < -0.39 is 6.10 Å². The molecule has 1 N–H and O–H groups in total. The van der Waals surface area contributed by atoms with Gasteiger partial charge in [-0.05, 0) is 36.3 Å². The van der Waals surface area contributed by atoms with Crippen molar-refractivity contribution < 1.29 is 14.6 Å². The predicted molar refractivity (Wildman–Crippen MR) is 138 cm³/mol. The lowest BCUT2D eigenvalue weighted by Crippen LogP contribution is -2.27. The van der Waals surface area contributed by atoms with Gasteiger partial charge in [-0.3, -0.25) is 4.79 Å². The number of aliphatic hydroxyl groups excluding tert-OH is 1. The molecule has 1 aromatic heterocycles. The van der Waals surface area contributed by atoms with Crippen molar-refractivity contribution in [2.24, 2.45) is 7.05 Å². The van der Waals surface area contributed by atoms with Crippen LogP contribution in [0.4, 0.5) is 0 Å². The van der Waals surface area contributed by atoms with E-state index in [0.717, 1.165) is 39.0 Å². The maximum absolute atomic E-state index is 12.9. The van der Waals surface area contributed by atoms with Gasteiger partial charge in [-0.25, -0.2) is 0 Å². The van der Waals surface area contributed by atoms with Crippen LogP contribution in [-0.4, -0.2) is 41.2 Å². The molecule has 5 heteroatoms. The second kappa shape index (κ2) is 10.4. The number of fused-ring (bicyclic) bond motifs is 1. The molecule has 4 aromatic rings. The number of hydrogen-bond donors (Lipinski definition) is 1. The molecule has 174 valence electrons. The zero-order valence-electron chi connectivity index (χ0n) is 19.8. The summed E-state index contributed by atoms with van der Waals surface area (Å²) in [5.74, 6) is 0.676. The van der Waals surface area contributed by atoms with Crippen LogP contribution in [0.15, 0.2) is 84.9 Å². The molecular formula is C29H30N2O3. The highest BCUT2D eigenvalue weighted by molar-refractivity contribution is 6.01. The summed E-state index contributed by atoms with van der Waals surface area (Å²) in [5, 5.41) is 11.5. The number of methoxy groups -OCH3 is 1. The summed E-state index contributed by atoms with van der Waals surface area (Å²) in [7, 11) is 5.45. The predicted octanol–water partition coefficient (Wildman–Crippen LogP) is 5.45. The first kappa shape index (κ1) is 23.3. The molecule has 1 unspecified atom stereocenters. The standard InChI is InChI=1S/C29H30N2O3/c1-30(19-18-27(32)21-10-5-4-6-11-21)28(33)17-16-25-24-14-7-8-15-26(24)31(2)29(25)22-12-9-13-23(20-22)34-3/h4-17,20,27,32H,18-19H2,1-3H3/b17-16+. The Kier molecular flexibility index (Phi) is 7.14. The molecule has 1 amide bonds. The van der Waals surface area contributed by atoms with E-state index in [1.54, 1.807) is 25.1 Å². The first-order chi connectivity index (χ1) is 16.5. The van der Waals surface area contributed by atoms with Gasteiger partial charge >= 0.3 is 0 Å². The van der Waals surface area contributed by atoms with Crippen molar-refractivity contribution in [3.05, 3.63) is 96.1 Å². The number of hydrogen-bond acceptors (Lipinski definition) is 3. The van der Waals surface area contributed by atoms with Gasteiger partial charge < -0.3 is 19.3 Å². The Bertz CT molecular complexity index is 1310. The monoisotopic (exact) mass is 454 g/mol. The number of para-hydroxylation sites is 1. The van der Waals surface area contributed by atoms with Gasteiger partial charge in [0.1, 0.15) is 5.75 Å². The lowest BCUT2D eigenvalue weighted by molar-refractivity contribution is -0.125. The second-order valence-electron chi connectivity index (χ2n) is 8.38. The minimum atomic E-state index is -0.599. The van der Waals surface area contributed by atoms with Crippen LogP contribution in [0, 0.1) is 0 Å². The lowest BCUT2D eigenvalue weighted by Gasteiger charge is -2.18. The van der Waals surface area contributed by atoms with Crippen molar-refractivity contribution in [3.8, 4) is 17.0 Å². The Morgan fingerprint density at radius 3 is 2.56 bits per heavy atom. The van der Waals surface area contributed by atoms with Crippen molar-refractivity contribution >= 4 is 22.9 Å². The Morgan fingerprint density at radius 1 is 1.06 bits per heavy atom. The zero-order chi connectivity index (χ0) is 24.1. The molecule has 3 aromatic carbocycles. The van der Waals surface area contributed by atoms with Gasteiger partial charge in [0, 0.05) is 48.7 Å². The number of carbonyl (C=O) groups is 1. The molecule has 0 fully saturated rings. The number of nitrogens with zero attached hydrogens (tertiary/aromatic N) is 2. The molecule has 0 radical (unpaired) electrons. The summed E-state index contributed by atoms with van der Waals surface area (Å²) in [5.41, 5.74) is 4.97. The van der Waals surface area contributed by atoms with E-state index in [2.05, 4.69) is 16.7 Å². The smallest absolute Gasteiger partial charge is 0.246 e. The Labute approximate surface area is 200 Å². The molecule has 4 rings (SSSR count). The largest absolute Gasteiger partial charge is 0.497 e. The van der Waals surface area contributed by atoms with Gasteiger partial charge in [0.25, 0.3) is 0 Å². The van der Waals surface area contributed by atoms with Gasteiger partial charge in [0.15, 0.2) is 0 Å². The van der Waals surface area contributed by atoms with E-state index in [4.69, 9.17) is 4.74 Å². The van der Waals surface area contributed by atoms with Crippen molar-refractivity contribution in [1.82, 2.24) is 9.47 Å². The average molecular weight is 455 g/mol. The number of rotatable bonds is 8. The molecule has 0 aliphatic carbocycles. The molecule has 0 saturated carbocycles. The van der Waals surface area contributed by atoms with Gasteiger partial charge in [-0.1, -0.05) is 60.7 Å². The molecule has 0 bridgehead atoms. The van der Waals surface area contributed by atoms with Gasteiger partial charge in [-0.15, -0.1) is 0 Å². The van der Waals surface area contributed by atoms with Gasteiger partial charge in [0.2, 0.25) is 5.91 Å². The summed E-state index contributed by atoms with van der Waals surface area (Å²) >= 11 is 0. The zero-order valence-corrected chi connectivity index (χ0v) is 19.8. The molecule has 1 heterocycles. The van der Waals surface area contributed by atoms with Gasteiger partial charge in [0.05, 0.1) is 18.9 Å². The highest BCUT2D eigenvalue weighted by atomic mass is 16.5. The number of aliphatic hydroxyl groups is 1. The number of aryl methyl sites for hydroxylation is 1. The number of benzene rings is 3. The van der Waals surface area contributed by atoms with Crippen molar-refractivity contribution in [3.63, 3.8) is 0 Å². The van der Waals surface area contributed by atoms with Crippen LogP contribution >= 0.6 is 0 Å². The Morgan fingerprint density at radius 2 is 1.79 bits per heavy atom. The Hall–Kier alpha value is -3.83. The molecular weight excluding hydrogens is 424 g/mol. The lowest BCUT2D eigenvalue weighted by atomic mass is 10.0. The van der Waals surface area contributed by atoms with E-state index in [0.29, 0.717) is 13.0 Å². The first-order valence-electron chi connectivity index (χ1n) is 11.4. The Balaban J connectivity index is 1.58.